The molecule has 1 atom stereocenters. The molecule has 25 heavy (non-hydrogen) atoms. The maximum Gasteiger partial charge on any atom is 0.240 e. The largest absolute Gasteiger partial charge is 0.341 e. The first-order valence-corrected chi connectivity index (χ1v) is 10.2. The number of hydrogen-bond donors (Lipinski definition) is 1. The molecule has 4 nitrogen and oxygen atoms in total. The van der Waals surface area contributed by atoms with Crippen LogP contribution in [0.2, 0.25) is 0 Å². The minimum Gasteiger partial charge on any atom is -0.341 e. The van der Waals surface area contributed by atoms with Crippen LogP contribution in [-0.2, 0) is 4.79 Å². The van der Waals surface area contributed by atoms with Crippen LogP contribution in [0.15, 0.2) is 24.3 Å². The number of hydrogen-bond acceptors (Lipinski definition) is 4. The van der Waals surface area contributed by atoms with Crippen LogP contribution in [0.1, 0.15) is 50.5 Å². The van der Waals surface area contributed by atoms with E-state index in [2.05, 4.69) is 42.3 Å². The topological polar surface area (TPSA) is 45.2 Å². The number of para-hydroxylation sites is 1. The van der Waals surface area contributed by atoms with Crippen molar-refractivity contribution in [3.05, 3.63) is 29.3 Å². The molecule has 3 heterocycles. The van der Waals surface area contributed by atoms with Crippen molar-refractivity contribution in [3.63, 3.8) is 0 Å². The van der Waals surface area contributed by atoms with Crippen molar-refractivity contribution in [2.45, 2.75) is 51.5 Å². The third-order valence-electron chi connectivity index (χ3n) is 5.84. The molecule has 1 unspecified atom stereocenters. The lowest BCUT2D eigenvalue weighted by Gasteiger charge is -2.42. The maximum atomic E-state index is 13.0. The van der Waals surface area contributed by atoms with Gasteiger partial charge in [0.15, 0.2) is 0 Å². The molecule has 0 bridgehead atoms. The van der Waals surface area contributed by atoms with Gasteiger partial charge < -0.3 is 10.2 Å². The molecule has 0 saturated carbocycles. The van der Waals surface area contributed by atoms with E-state index in [1.807, 2.05) is 17.4 Å². The second kappa shape index (κ2) is 6.69. The van der Waals surface area contributed by atoms with E-state index in [4.69, 9.17) is 4.98 Å². The quantitative estimate of drug-likeness (QED) is 0.890. The summed E-state index contributed by atoms with van der Waals surface area (Å²) < 4.78 is 1.27. The molecule has 1 aromatic heterocycles. The van der Waals surface area contributed by atoms with E-state index in [9.17, 15) is 4.79 Å². The van der Waals surface area contributed by atoms with Crippen molar-refractivity contribution in [1.82, 2.24) is 15.2 Å². The molecule has 2 saturated heterocycles. The molecule has 2 aromatic rings. The highest BCUT2D eigenvalue weighted by Crippen LogP contribution is 2.35. The van der Waals surface area contributed by atoms with Gasteiger partial charge in [-0.3, -0.25) is 4.79 Å². The number of likely N-dealkylation sites (tertiary alicyclic amines) is 1. The van der Waals surface area contributed by atoms with Gasteiger partial charge in [-0.25, -0.2) is 4.98 Å². The summed E-state index contributed by atoms with van der Waals surface area (Å²) in [6.07, 6.45) is 4.34. The second-order valence-electron chi connectivity index (χ2n) is 8.10. The highest BCUT2D eigenvalue weighted by atomic mass is 32.1. The zero-order valence-electron chi connectivity index (χ0n) is 15.1. The predicted molar refractivity (Wildman–Crippen MR) is 103 cm³/mol. The molecule has 1 N–H and O–H groups in total. The van der Waals surface area contributed by atoms with Crippen molar-refractivity contribution in [2.75, 3.05) is 19.6 Å². The van der Waals surface area contributed by atoms with Crippen LogP contribution in [0.5, 0.6) is 0 Å². The molecular weight excluding hydrogens is 330 g/mol. The first-order valence-electron chi connectivity index (χ1n) is 9.42. The molecule has 5 heteroatoms. The summed E-state index contributed by atoms with van der Waals surface area (Å²) in [4.78, 5) is 19.9. The van der Waals surface area contributed by atoms with E-state index in [1.54, 1.807) is 0 Å². The van der Waals surface area contributed by atoms with Gasteiger partial charge in [0.1, 0.15) is 0 Å². The maximum absolute atomic E-state index is 13.0. The lowest BCUT2D eigenvalue weighted by Crippen LogP contribution is -2.57. The Morgan fingerprint density at radius 1 is 1.28 bits per heavy atom. The average Bonchev–Trinajstić information content (AvgIpc) is 3.05. The lowest BCUT2D eigenvalue weighted by molar-refractivity contribution is -0.138. The average molecular weight is 358 g/mol. The normalized spacial score (nSPS) is 24.6. The number of nitrogens with zero attached hydrogens (tertiary/aromatic N) is 2. The van der Waals surface area contributed by atoms with E-state index >= 15 is 0 Å². The number of rotatable bonds is 2. The van der Waals surface area contributed by atoms with Crippen LogP contribution in [0, 0.1) is 5.41 Å². The van der Waals surface area contributed by atoms with E-state index in [0.717, 1.165) is 50.8 Å². The van der Waals surface area contributed by atoms with E-state index < -0.39 is 0 Å². The monoisotopic (exact) mass is 357 g/mol. The number of aromatic nitrogens is 1. The van der Waals surface area contributed by atoms with Crippen LogP contribution < -0.4 is 5.32 Å². The Morgan fingerprint density at radius 3 is 2.76 bits per heavy atom. The van der Waals surface area contributed by atoms with Gasteiger partial charge in [0.25, 0.3) is 0 Å². The first kappa shape index (κ1) is 17.0. The number of benzene rings is 1. The number of thiazole rings is 1. The zero-order valence-corrected chi connectivity index (χ0v) is 15.9. The fraction of sp³-hybridized carbons (Fsp3) is 0.600. The number of piperidine rings is 2. The summed E-state index contributed by atoms with van der Waals surface area (Å²) in [6.45, 7) is 7.11. The molecule has 4 rings (SSSR count). The summed E-state index contributed by atoms with van der Waals surface area (Å²) >= 11 is 1.81. The van der Waals surface area contributed by atoms with Gasteiger partial charge in [0, 0.05) is 19.0 Å². The van der Waals surface area contributed by atoms with Gasteiger partial charge >= 0.3 is 0 Å². The van der Waals surface area contributed by atoms with Crippen LogP contribution in [0.4, 0.5) is 0 Å². The Balaban J connectivity index is 1.41. The van der Waals surface area contributed by atoms with Crippen molar-refractivity contribution < 1.29 is 4.79 Å². The van der Waals surface area contributed by atoms with Gasteiger partial charge in [-0.1, -0.05) is 26.0 Å². The van der Waals surface area contributed by atoms with Gasteiger partial charge in [-0.2, -0.15) is 0 Å². The van der Waals surface area contributed by atoms with Gasteiger partial charge in [0.05, 0.1) is 21.3 Å². The minimum atomic E-state index is -0.0275. The Morgan fingerprint density at radius 2 is 2.04 bits per heavy atom. The smallest absolute Gasteiger partial charge is 0.240 e. The predicted octanol–water partition coefficient (Wildman–Crippen LogP) is 3.78. The molecule has 2 aliphatic rings. The van der Waals surface area contributed by atoms with E-state index in [-0.39, 0.29) is 11.5 Å². The highest BCUT2D eigenvalue weighted by Gasteiger charge is 2.40. The highest BCUT2D eigenvalue weighted by molar-refractivity contribution is 7.18. The van der Waals surface area contributed by atoms with Crippen LogP contribution >= 0.6 is 11.3 Å². The van der Waals surface area contributed by atoms with Crippen LogP contribution in [0.25, 0.3) is 10.2 Å². The van der Waals surface area contributed by atoms with Gasteiger partial charge in [0.2, 0.25) is 5.91 Å². The molecule has 0 spiro atoms. The van der Waals surface area contributed by atoms with Crippen LogP contribution in [0.3, 0.4) is 0 Å². The minimum absolute atomic E-state index is 0.0275. The standard InChI is InChI=1S/C20H27N3OS/c1-20(2)10-5-11-21-17(20)19(24)23-12-8-14(9-13-23)18-22-15-6-3-4-7-16(15)25-18/h3-4,6-7,14,17,21H,5,8-13H2,1-2H3. The fourth-order valence-electron chi connectivity index (χ4n) is 4.23. The Labute approximate surface area is 153 Å². The second-order valence-corrected chi connectivity index (χ2v) is 9.16. The molecule has 1 aromatic carbocycles. The van der Waals surface area contributed by atoms with Crippen molar-refractivity contribution in [1.29, 1.82) is 0 Å². The summed E-state index contributed by atoms with van der Waals surface area (Å²) in [6, 6.07) is 8.33. The number of carbonyl (C=O) groups excluding carboxylic acids is 1. The third kappa shape index (κ3) is 3.32. The molecule has 2 aliphatic heterocycles. The Kier molecular flexibility index (Phi) is 4.54. The Hall–Kier alpha value is -1.46. The lowest BCUT2D eigenvalue weighted by atomic mass is 9.76. The van der Waals surface area contributed by atoms with Gasteiger partial charge in [-0.05, 0) is 49.8 Å². The van der Waals surface area contributed by atoms with E-state index in [1.165, 1.54) is 9.71 Å². The molecule has 2 fully saturated rings. The first-order chi connectivity index (χ1) is 12.0. The summed E-state index contributed by atoms with van der Waals surface area (Å²) in [7, 11) is 0. The summed E-state index contributed by atoms with van der Waals surface area (Å²) in [5, 5.41) is 4.71. The van der Waals surface area contributed by atoms with Crippen molar-refractivity contribution in [2.24, 2.45) is 5.41 Å². The molecule has 134 valence electrons. The molecule has 0 radical (unpaired) electrons. The van der Waals surface area contributed by atoms with Gasteiger partial charge in [-0.15, -0.1) is 11.3 Å². The molecule has 0 aliphatic carbocycles. The number of nitrogens with one attached hydrogen (secondary N) is 1. The third-order valence-corrected chi connectivity index (χ3v) is 7.04. The van der Waals surface area contributed by atoms with Crippen molar-refractivity contribution >= 4 is 27.5 Å². The van der Waals surface area contributed by atoms with Crippen LogP contribution in [-0.4, -0.2) is 41.5 Å². The molecular formula is C20H27N3OS. The number of carbonyl (C=O) groups is 1. The number of fused-ring (bicyclic) bond motifs is 1. The Bertz CT molecular complexity index is 728. The van der Waals surface area contributed by atoms with Crippen molar-refractivity contribution in [3.8, 4) is 0 Å². The zero-order chi connectivity index (χ0) is 17.4. The summed E-state index contributed by atoms with van der Waals surface area (Å²) in [5.74, 6) is 0.793. The fourth-order valence-corrected chi connectivity index (χ4v) is 5.36. The van der Waals surface area contributed by atoms with E-state index in [0.29, 0.717) is 11.8 Å². The number of amides is 1. The molecule has 1 amide bonds. The SMILES string of the molecule is CC1(C)CCCNC1C(=O)N1CCC(c2nc3ccccc3s2)CC1. The summed E-state index contributed by atoms with van der Waals surface area (Å²) in [5.41, 5.74) is 1.16.